The van der Waals surface area contributed by atoms with Gasteiger partial charge in [-0.1, -0.05) is 0 Å². The van der Waals surface area contributed by atoms with E-state index in [4.69, 9.17) is 14.2 Å². The highest BCUT2D eigenvalue weighted by atomic mass is 16.6. The molecule has 11 heteroatoms. The van der Waals surface area contributed by atoms with E-state index < -0.39 is 6.10 Å². The summed E-state index contributed by atoms with van der Waals surface area (Å²) < 4.78 is 16.2. The van der Waals surface area contributed by atoms with Crippen LogP contribution in [-0.4, -0.2) is 65.2 Å². The zero-order valence-corrected chi connectivity index (χ0v) is 18.6. The topological polar surface area (TPSA) is 128 Å². The summed E-state index contributed by atoms with van der Waals surface area (Å²) in [5.41, 5.74) is 2.99. The summed E-state index contributed by atoms with van der Waals surface area (Å²) in [5, 5.41) is 6.01. The van der Waals surface area contributed by atoms with Crippen LogP contribution in [0.1, 0.15) is 23.8 Å². The van der Waals surface area contributed by atoms with Crippen molar-refractivity contribution in [3.05, 3.63) is 47.8 Å². The molecule has 1 atom stereocenters. The molecule has 0 spiro atoms. The first kappa shape index (κ1) is 21.8. The monoisotopic (exact) mass is 464 g/mol. The van der Waals surface area contributed by atoms with Crippen molar-refractivity contribution >= 4 is 28.9 Å². The van der Waals surface area contributed by atoms with Gasteiger partial charge >= 0.3 is 6.09 Å². The van der Waals surface area contributed by atoms with Gasteiger partial charge in [-0.05, 0) is 37.2 Å². The van der Waals surface area contributed by atoms with E-state index in [1.807, 2.05) is 18.2 Å². The van der Waals surface area contributed by atoms with Crippen LogP contribution in [0.4, 0.5) is 10.6 Å². The van der Waals surface area contributed by atoms with Crippen molar-refractivity contribution in [2.75, 3.05) is 38.7 Å². The molecule has 2 aliphatic heterocycles. The van der Waals surface area contributed by atoms with Gasteiger partial charge in [-0.25, -0.2) is 14.8 Å². The molecule has 0 aliphatic carbocycles. The van der Waals surface area contributed by atoms with Crippen LogP contribution in [0, 0.1) is 0 Å². The van der Waals surface area contributed by atoms with Gasteiger partial charge < -0.3 is 29.7 Å². The van der Waals surface area contributed by atoms with Crippen LogP contribution in [0.15, 0.2) is 36.5 Å². The molecule has 1 fully saturated rings. The number of cyclic esters (lactones) is 1. The number of amides is 2. The van der Waals surface area contributed by atoms with Gasteiger partial charge in [0.2, 0.25) is 5.88 Å². The highest BCUT2D eigenvalue weighted by Crippen LogP contribution is 2.31. The van der Waals surface area contributed by atoms with Crippen LogP contribution in [0.5, 0.6) is 11.6 Å². The summed E-state index contributed by atoms with van der Waals surface area (Å²) in [5.74, 6) is 1.28. The molecule has 1 unspecified atom stereocenters. The number of anilines is 1. The summed E-state index contributed by atoms with van der Waals surface area (Å²) >= 11 is 0. The molecule has 0 radical (unpaired) electrons. The Hall–Kier alpha value is -3.99. The number of pyridine rings is 3. The number of aromatic nitrogens is 3. The lowest BCUT2D eigenvalue weighted by Gasteiger charge is -2.17. The molecule has 11 nitrogen and oxygen atoms in total. The number of carbonyl (C=O) groups excluding carboxylic acids is 2. The number of nitrogens with one attached hydrogen (secondary N) is 2. The minimum absolute atomic E-state index is 0.00809. The van der Waals surface area contributed by atoms with E-state index in [9.17, 15) is 9.59 Å². The number of ether oxygens (including phenoxy) is 3. The fourth-order valence-electron chi connectivity index (χ4n) is 3.97. The second-order valence-electron chi connectivity index (χ2n) is 7.96. The number of fused-ring (bicyclic) bond motifs is 2. The molecule has 2 N–H and O–H groups in total. The third-order valence-electron chi connectivity index (χ3n) is 5.65. The van der Waals surface area contributed by atoms with E-state index >= 15 is 0 Å². The molecule has 3 aromatic rings. The maximum Gasteiger partial charge on any atom is 0.410 e. The largest absolute Gasteiger partial charge is 0.481 e. The first-order valence-corrected chi connectivity index (χ1v) is 11.0. The third kappa shape index (κ3) is 4.55. The first-order valence-electron chi connectivity index (χ1n) is 11.0. The van der Waals surface area contributed by atoms with Crippen molar-refractivity contribution in [1.29, 1.82) is 0 Å². The Bertz CT molecular complexity index is 1240. The van der Waals surface area contributed by atoms with Crippen molar-refractivity contribution in [3.8, 4) is 11.6 Å². The molecule has 0 bridgehead atoms. The molecule has 2 amide bonds. The van der Waals surface area contributed by atoms with Crippen LogP contribution in [0.2, 0.25) is 0 Å². The molecule has 34 heavy (non-hydrogen) atoms. The molecular formula is C23H24N6O5. The van der Waals surface area contributed by atoms with Gasteiger partial charge in [0, 0.05) is 30.9 Å². The lowest BCUT2D eigenvalue weighted by molar-refractivity contribution is -0.118. The maximum atomic E-state index is 12.4. The van der Waals surface area contributed by atoms with E-state index in [-0.39, 0.29) is 18.6 Å². The van der Waals surface area contributed by atoms with E-state index in [0.717, 1.165) is 23.2 Å². The van der Waals surface area contributed by atoms with E-state index in [2.05, 4.69) is 25.6 Å². The maximum absolute atomic E-state index is 12.4. The fraction of sp³-hybridized carbons (Fsp3) is 0.348. The van der Waals surface area contributed by atoms with Gasteiger partial charge in [-0.2, -0.15) is 0 Å². The van der Waals surface area contributed by atoms with Gasteiger partial charge in [0.1, 0.15) is 6.10 Å². The summed E-state index contributed by atoms with van der Waals surface area (Å²) in [6.45, 7) is 2.24. The zero-order chi connectivity index (χ0) is 23.5. The average Bonchev–Trinajstić information content (AvgIpc) is 3.22. The standard InChI is InChI=1S/C23H24N6O5/c1-32-20-6-4-16-21(28-20)15(7-9-25-16)18-12-29(23(31)34-18)10-2-8-24-11-14-3-5-17-22(26-14)27-19(30)13-33-17/h3-7,9,18,24H,2,8,10-13H2,1H3,(H,26,27,30). The van der Waals surface area contributed by atoms with Crippen LogP contribution in [-0.2, 0) is 16.1 Å². The minimum Gasteiger partial charge on any atom is -0.481 e. The molecule has 5 rings (SSSR count). The predicted octanol–water partition coefficient (Wildman–Crippen LogP) is 2.04. The molecule has 2 aliphatic rings. The SMILES string of the molecule is COc1ccc2nccc(C3CN(CCCNCc4ccc5c(n4)NC(=O)CO5)C(=O)O3)c2n1. The lowest BCUT2D eigenvalue weighted by Crippen LogP contribution is -2.28. The molecule has 0 aromatic carbocycles. The van der Waals surface area contributed by atoms with Gasteiger partial charge in [0.25, 0.3) is 5.91 Å². The normalized spacial score (nSPS) is 17.2. The van der Waals surface area contributed by atoms with Crippen LogP contribution >= 0.6 is 0 Å². The highest BCUT2D eigenvalue weighted by Gasteiger charge is 2.33. The van der Waals surface area contributed by atoms with Gasteiger partial charge in [0.15, 0.2) is 18.2 Å². The molecule has 3 aromatic heterocycles. The van der Waals surface area contributed by atoms with Crippen molar-refractivity contribution in [2.24, 2.45) is 0 Å². The fourth-order valence-corrected chi connectivity index (χ4v) is 3.97. The first-order chi connectivity index (χ1) is 16.6. The summed E-state index contributed by atoms with van der Waals surface area (Å²) in [6.07, 6.45) is 1.68. The smallest absolute Gasteiger partial charge is 0.410 e. The van der Waals surface area contributed by atoms with Crippen molar-refractivity contribution in [2.45, 2.75) is 19.1 Å². The number of hydrogen-bond donors (Lipinski definition) is 2. The summed E-state index contributed by atoms with van der Waals surface area (Å²) in [4.78, 5) is 38.8. The van der Waals surface area contributed by atoms with Gasteiger partial charge in [0.05, 0.1) is 30.4 Å². The second kappa shape index (κ2) is 9.48. The second-order valence-corrected chi connectivity index (χ2v) is 7.96. The van der Waals surface area contributed by atoms with E-state index in [0.29, 0.717) is 49.1 Å². The third-order valence-corrected chi connectivity index (χ3v) is 5.65. The van der Waals surface area contributed by atoms with Crippen LogP contribution in [0.25, 0.3) is 11.0 Å². The van der Waals surface area contributed by atoms with Gasteiger partial charge in [-0.3, -0.25) is 9.78 Å². The molecule has 5 heterocycles. The number of hydrogen-bond acceptors (Lipinski definition) is 9. The Kier molecular flexibility index (Phi) is 6.09. The molecule has 176 valence electrons. The number of methoxy groups -OCH3 is 1. The zero-order valence-electron chi connectivity index (χ0n) is 18.6. The Labute approximate surface area is 195 Å². The Balaban J connectivity index is 1.13. The summed E-state index contributed by atoms with van der Waals surface area (Å²) in [6, 6.07) is 9.07. The molecular weight excluding hydrogens is 440 g/mol. The predicted molar refractivity (Wildman–Crippen MR) is 122 cm³/mol. The quantitative estimate of drug-likeness (QED) is 0.481. The van der Waals surface area contributed by atoms with Crippen molar-refractivity contribution in [1.82, 2.24) is 25.2 Å². The number of nitrogens with zero attached hydrogens (tertiary/aromatic N) is 4. The Morgan fingerprint density at radius 3 is 3.00 bits per heavy atom. The highest BCUT2D eigenvalue weighted by molar-refractivity contribution is 5.94. The minimum atomic E-state index is -0.414. The van der Waals surface area contributed by atoms with E-state index in [1.54, 1.807) is 30.3 Å². The van der Waals surface area contributed by atoms with Crippen molar-refractivity contribution in [3.63, 3.8) is 0 Å². The van der Waals surface area contributed by atoms with Gasteiger partial charge in [-0.15, -0.1) is 0 Å². The van der Waals surface area contributed by atoms with Crippen LogP contribution < -0.4 is 20.1 Å². The van der Waals surface area contributed by atoms with E-state index in [1.165, 1.54) is 0 Å². The van der Waals surface area contributed by atoms with Crippen molar-refractivity contribution < 1.29 is 23.8 Å². The average molecular weight is 464 g/mol. The Morgan fingerprint density at radius 2 is 2.12 bits per heavy atom. The molecule has 0 saturated carbocycles. The van der Waals surface area contributed by atoms with Crippen LogP contribution in [0.3, 0.4) is 0 Å². The molecule has 1 saturated heterocycles. The lowest BCUT2D eigenvalue weighted by atomic mass is 10.1. The summed E-state index contributed by atoms with van der Waals surface area (Å²) in [7, 11) is 1.56. The number of rotatable bonds is 8. The number of carbonyl (C=O) groups is 2. The Morgan fingerprint density at radius 1 is 1.21 bits per heavy atom.